The van der Waals surface area contributed by atoms with Crippen molar-refractivity contribution in [3.05, 3.63) is 12.3 Å². The van der Waals surface area contributed by atoms with Gasteiger partial charge in [0.2, 0.25) is 0 Å². The molecule has 0 atom stereocenters. The number of hydrogen-bond donors (Lipinski definition) is 0. The first-order valence-electron chi connectivity index (χ1n) is 3.71. The molecule has 0 amide bonds. The second-order valence-corrected chi connectivity index (χ2v) is 2.47. The van der Waals surface area contributed by atoms with Crippen molar-refractivity contribution < 1.29 is 4.74 Å². The number of rotatable bonds is 3. The van der Waals surface area contributed by atoms with Gasteiger partial charge in [-0.15, -0.1) is 0 Å². The van der Waals surface area contributed by atoms with Crippen molar-refractivity contribution in [2.45, 2.75) is 26.2 Å². The second-order valence-electron chi connectivity index (χ2n) is 2.47. The summed E-state index contributed by atoms with van der Waals surface area (Å²) in [6.07, 6.45) is 8.14. The lowest BCUT2D eigenvalue weighted by Crippen LogP contribution is -2.06. The SMILES string of the molecule is CCO/C=C\C1CCC1. The molecule has 0 radical (unpaired) electrons. The normalized spacial score (nSPS) is 20.1. The van der Waals surface area contributed by atoms with Crippen LogP contribution in [0.25, 0.3) is 0 Å². The Bertz CT molecular complexity index is 92.7. The van der Waals surface area contributed by atoms with E-state index in [4.69, 9.17) is 4.74 Å². The molecule has 0 heterocycles. The third-order valence-corrected chi connectivity index (χ3v) is 1.76. The zero-order valence-corrected chi connectivity index (χ0v) is 5.97. The molecule has 1 aliphatic rings. The van der Waals surface area contributed by atoms with Gasteiger partial charge in [-0.25, -0.2) is 0 Å². The highest BCUT2D eigenvalue weighted by atomic mass is 16.5. The molecule has 0 bridgehead atoms. The van der Waals surface area contributed by atoms with Crippen LogP contribution in [0.1, 0.15) is 26.2 Å². The van der Waals surface area contributed by atoms with Crippen molar-refractivity contribution >= 4 is 0 Å². The third-order valence-electron chi connectivity index (χ3n) is 1.76. The Morgan fingerprint density at radius 1 is 1.56 bits per heavy atom. The van der Waals surface area contributed by atoms with Crippen LogP contribution in [0, 0.1) is 5.92 Å². The second kappa shape index (κ2) is 3.54. The van der Waals surface area contributed by atoms with Gasteiger partial charge in [-0.2, -0.15) is 0 Å². The summed E-state index contributed by atoms with van der Waals surface area (Å²) in [6.45, 7) is 2.80. The summed E-state index contributed by atoms with van der Waals surface area (Å²) in [6, 6.07) is 0. The first-order valence-corrected chi connectivity index (χ1v) is 3.71. The smallest absolute Gasteiger partial charge is 0.0845 e. The molecule has 0 aromatic heterocycles. The van der Waals surface area contributed by atoms with Gasteiger partial charge in [0, 0.05) is 0 Å². The third kappa shape index (κ3) is 2.08. The Morgan fingerprint density at radius 2 is 2.33 bits per heavy atom. The van der Waals surface area contributed by atoms with Crippen LogP contribution in [0.2, 0.25) is 0 Å². The van der Waals surface area contributed by atoms with E-state index in [1.54, 1.807) is 0 Å². The fourth-order valence-corrected chi connectivity index (χ4v) is 0.895. The number of hydrogen-bond acceptors (Lipinski definition) is 1. The van der Waals surface area contributed by atoms with E-state index in [-0.39, 0.29) is 0 Å². The van der Waals surface area contributed by atoms with Gasteiger partial charge >= 0.3 is 0 Å². The maximum Gasteiger partial charge on any atom is 0.0845 e. The largest absolute Gasteiger partial charge is 0.502 e. The summed E-state index contributed by atoms with van der Waals surface area (Å²) in [5.74, 6) is 0.830. The molecule has 1 fully saturated rings. The molecule has 0 saturated heterocycles. The van der Waals surface area contributed by atoms with Crippen molar-refractivity contribution in [1.82, 2.24) is 0 Å². The van der Waals surface area contributed by atoms with E-state index in [1.165, 1.54) is 19.3 Å². The van der Waals surface area contributed by atoms with E-state index in [9.17, 15) is 0 Å². The molecule has 0 spiro atoms. The maximum absolute atomic E-state index is 5.06. The molecule has 52 valence electrons. The van der Waals surface area contributed by atoms with Crippen LogP contribution in [0.5, 0.6) is 0 Å². The summed E-state index contributed by atoms with van der Waals surface area (Å²) in [5, 5.41) is 0. The molecule has 0 aliphatic heterocycles. The first-order chi connectivity index (χ1) is 4.43. The van der Waals surface area contributed by atoms with Crippen LogP contribution in [0.4, 0.5) is 0 Å². The van der Waals surface area contributed by atoms with Crippen molar-refractivity contribution in [2.24, 2.45) is 5.92 Å². The molecule has 1 rings (SSSR count). The molecule has 9 heavy (non-hydrogen) atoms. The summed E-state index contributed by atoms with van der Waals surface area (Å²) in [4.78, 5) is 0. The van der Waals surface area contributed by atoms with Gasteiger partial charge in [0.15, 0.2) is 0 Å². The highest BCUT2D eigenvalue weighted by Gasteiger charge is 2.13. The minimum atomic E-state index is 0.795. The average Bonchev–Trinajstić information content (AvgIpc) is 1.76. The molecule has 1 nitrogen and oxygen atoms in total. The first kappa shape index (κ1) is 6.66. The van der Waals surface area contributed by atoms with E-state index in [1.807, 2.05) is 13.2 Å². The Kier molecular flexibility index (Phi) is 2.62. The zero-order valence-electron chi connectivity index (χ0n) is 5.97. The van der Waals surface area contributed by atoms with Gasteiger partial charge < -0.3 is 4.74 Å². The number of ether oxygens (including phenoxy) is 1. The van der Waals surface area contributed by atoms with Crippen LogP contribution in [0.3, 0.4) is 0 Å². The van der Waals surface area contributed by atoms with E-state index in [0.29, 0.717) is 0 Å². The zero-order chi connectivity index (χ0) is 6.53. The van der Waals surface area contributed by atoms with E-state index < -0.39 is 0 Å². The van der Waals surface area contributed by atoms with Crippen LogP contribution < -0.4 is 0 Å². The predicted molar refractivity (Wildman–Crippen MR) is 38.1 cm³/mol. The molecule has 1 saturated carbocycles. The molecule has 0 aromatic carbocycles. The number of allylic oxidation sites excluding steroid dienone is 1. The van der Waals surface area contributed by atoms with Gasteiger partial charge in [0.05, 0.1) is 12.9 Å². The Hall–Kier alpha value is -0.460. The highest BCUT2D eigenvalue weighted by molar-refractivity contribution is 4.88. The summed E-state index contributed by atoms with van der Waals surface area (Å²) in [5.41, 5.74) is 0. The minimum Gasteiger partial charge on any atom is -0.502 e. The monoisotopic (exact) mass is 126 g/mol. The maximum atomic E-state index is 5.06. The van der Waals surface area contributed by atoms with Crippen LogP contribution in [-0.2, 0) is 4.74 Å². The van der Waals surface area contributed by atoms with Crippen molar-refractivity contribution in [2.75, 3.05) is 6.61 Å². The molecule has 0 aromatic rings. The van der Waals surface area contributed by atoms with Crippen molar-refractivity contribution in [3.8, 4) is 0 Å². The average molecular weight is 126 g/mol. The minimum absolute atomic E-state index is 0.795. The standard InChI is InChI=1S/C8H14O/c1-2-9-7-6-8-4-3-5-8/h6-8H,2-5H2,1H3/b7-6-. The molecule has 1 aliphatic carbocycles. The lowest BCUT2D eigenvalue weighted by molar-refractivity contribution is 0.261. The fourth-order valence-electron chi connectivity index (χ4n) is 0.895. The summed E-state index contributed by atoms with van der Waals surface area (Å²) < 4.78 is 5.06. The van der Waals surface area contributed by atoms with Gasteiger partial charge in [-0.3, -0.25) is 0 Å². The van der Waals surface area contributed by atoms with Crippen molar-refractivity contribution in [1.29, 1.82) is 0 Å². The Balaban J connectivity index is 2.00. The van der Waals surface area contributed by atoms with Gasteiger partial charge in [-0.1, -0.05) is 6.42 Å². The van der Waals surface area contributed by atoms with E-state index in [2.05, 4.69) is 6.08 Å². The lowest BCUT2D eigenvalue weighted by atomic mass is 9.86. The van der Waals surface area contributed by atoms with E-state index in [0.717, 1.165) is 12.5 Å². The van der Waals surface area contributed by atoms with Gasteiger partial charge in [0.25, 0.3) is 0 Å². The Morgan fingerprint density at radius 3 is 2.78 bits per heavy atom. The topological polar surface area (TPSA) is 9.23 Å². The molecule has 0 N–H and O–H groups in total. The quantitative estimate of drug-likeness (QED) is 0.527. The molecular weight excluding hydrogens is 112 g/mol. The van der Waals surface area contributed by atoms with E-state index >= 15 is 0 Å². The van der Waals surface area contributed by atoms with Gasteiger partial charge in [-0.05, 0) is 31.8 Å². The van der Waals surface area contributed by atoms with Gasteiger partial charge in [0.1, 0.15) is 0 Å². The molecule has 0 unspecified atom stereocenters. The summed E-state index contributed by atoms with van der Waals surface area (Å²) >= 11 is 0. The Labute approximate surface area is 56.7 Å². The summed E-state index contributed by atoms with van der Waals surface area (Å²) in [7, 11) is 0. The fraction of sp³-hybridized carbons (Fsp3) is 0.750. The van der Waals surface area contributed by atoms with Crippen LogP contribution in [0.15, 0.2) is 12.3 Å². The van der Waals surface area contributed by atoms with Crippen LogP contribution >= 0.6 is 0 Å². The molecular formula is C8H14O. The van der Waals surface area contributed by atoms with Crippen molar-refractivity contribution in [3.63, 3.8) is 0 Å². The molecule has 1 heteroatoms. The highest BCUT2D eigenvalue weighted by Crippen LogP contribution is 2.27. The van der Waals surface area contributed by atoms with Crippen LogP contribution in [-0.4, -0.2) is 6.61 Å². The lowest BCUT2D eigenvalue weighted by Gasteiger charge is -2.20. The predicted octanol–water partition coefficient (Wildman–Crippen LogP) is 2.34.